The summed E-state index contributed by atoms with van der Waals surface area (Å²) in [7, 11) is 0. The van der Waals surface area contributed by atoms with Crippen LogP contribution in [0.2, 0.25) is 0 Å². The first-order chi connectivity index (χ1) is 10.8. The number of halogens is 1. The van der Waals surface area contributed by atoms with Crippen LogP contribution >= 0.6 is 23.7 Å². The fraction of sp³-hybridized carbons (Fsp3) is 0.333. The molecular weight excluding hydrogens is 338 g/mol. The van der Waals surface area contributed by atoms with Crippen molar-refractivity contribution in [2.75, 3.05) is 31.5 Å². The predicted octanol–water partition coefficient (Wildman–Crippen LogP) is 2.45. The Morgan fingerprint density at radius 1 is 1.26 bits per heavy atom. The molecule has 2 aromatic rings. The van der Waals surface area contributed by atoms with E-state index >= 15 is 0 Å². The second kappa shape index (κ2) is 8.14. The van der Waals surface area contributed by atoms with E-state index in [2.05, 4.69) is 10.6 Å². The van der Waals surface area contributed by atoms with E-state index in [9.17, 15) is 9.59 Å². The van der Waals surface area contributed by atoms with Crippen molar-refractivity contribution in [1.82, 2.24) is 10.2 Å². The van der Waals surface area contributed by atoms with Crippen LogP contribution in [0, 0.1) is 0 Å². The average molecular weight is 356 g/mol. The van der Waals surface area contributed by atoms with Crippen molar-refractivity contribution in [3.05, 3.63) is 41.2 Å². The summed E-state index contributed by atoms with van der Waals surface area (Å²) >= 11 is 1.34. The zero-order chi connectivity index (χ0) is 15.4. The first kappa shape index (κ1) is 17.5. The normalized spacial score (nSPS) is 14.7. The Bertz CT molecular complexity index is 649. The number of carbonyl (C=O) groups is 2. The van der Waals surface area contributed by atoms with Crippen LogP contribution in [0.15, 0.2) is 34.3 Å². The number of nitrogens with zero attached hydrogens (tertiary/aromatic N) is 1. The first-order valence-corrected chi connectivity index (χ1v) is 8.06. The Morgan fingerprint density at radius 3 is 2.91 bits per heavy atom. The van der Waals surface area contributed by atoms with Crippen LogP contribution in [0.3, 0.4) is 0 Å². The van der Waals surface area contributed by atoms with Gasteiger partial charge in [0.05, 0.1) is 11.8 Å². The summed E-state index contributed by atoms with van der Waals surface area (Å²) < 4.78 is 5.07. The highest BCUT2D eigenvalue weighted by atomic mass is 35.5. The van der Waals surface area contributed by atoms with Crippen LogP contribution in [0.25, 0.3) is 0 Å². The van der Waals surface area contributed by atoms with Crippen molar-refractivity contribution in [2.24, 2.45) is 0 Å². The summed E-state index contributed by atoms with van der Waals surface area (Å²) in [5, 5.41) is 8.39. The standard InChI is InChI=1S/C15H17N3O3S.ClH/c19-13(12-3-1-9-21-12)17-14-11(4-10-22-14)15(20)18-7-2-5-16-6-8-18;/h1,3-4,9-10,16H,2,5-8H2,(H,17,19);1H. The molecule has 1 aliphatic rings. The Morgan fingerprint density at radius 2 is 2.13 bits per heavy atom. The molecule has 0 saturated carbocycles. The van der Waals surface area contributed by atoms with E-state index in [0.29, 0.717) is 17.1 Å². The second-order valence-electron chi connectivity index (χ2n) is 4.99. The summed E-state index contributed by atoms with van der Waals surface area (Å²) in [6.45, 7) is 3.13. The van der Waals surface area contributed by atoms with Gasteiger partial charge in [0.2, 0.25) is 0 Å². The van der Waals surface area contributed by atoms with E-state index in [0.717, 1.165) is 26.1 Å². The molecule has 2 aromatic heterocycles. The first-order valence-electron chi connectivity index (χ1n) is 7.18. The van der Waals surface area contributed by atoms with Crippen molar-refractivity contribution in [3.63, 3.8) is 0 Å². The lowest BCUT2D eigenvalue weighted by Gasteiger charge is -2.20. The summed E-state index contributed by atoms with van der Waals surface area (Å²) in [5.74, 6) is -0.163. The highest BCUT2D eigenvalue weighted by Gasteiger charge is 2.22. The van der Waals surface area contributed by atoms with E-state index in [1.165, 1.54) is 17.6 Å². The lowest BCUT2D eigenvalue weighted by Crippen LogP contribution is -2.34. The molecule has 0 aliphatic carbocycles. The number of furan rings is 1. The molecule has 124 valence electrons. The average Bonchev–Trinajstić information content (AvgIpc) is 3.13. The maximum atomic E-state index is 12.6. The minimum Gasteiger partial charge on any atom is -0.459 e. The van der Waals surface area contributed by atoms with Crippen molar-refractivity contribution >= 4 is 40.6 Å². The monoisotopic (exact) mass is 355 g/mol. The number of carbonyl (C=O) groups excluding carboxylic acids is 2. The molecule has 2 amide bonds. The molecule has 0 aromatic carbocycles. The molecule has 0 radical (unpaired) electrons. The molecule has 1 fully saturated rings. The number of rotatable bonds is 3. The number of anilines is 1. The lowest BCUT2D eigenvalue weighted by atomic mass is 10.2. The fourth-order valence-electron chi connectivity index (χ4n) is 2.37. The largest absolute Gasteiger partial charge is 0.459 e. The van der Waals surface area contributed by atoms with Crippen LogP contribution in [-0.4, -0.2) is 42.9 Å². The van der Waals surface area contributed by atoms with Gasteiger partial charge >= 0.3 is 0 Å². The van der Waals surface area contributed by atoms with Gasteiger partial charge in [-0.05, 0) is 36.5 Å². The van der Waals surface area contributed by atoms with Gasteiger partial charge in [-0.2, -0.15) is 0 Å². The van der Waals surface area contributed by atoms with E-state index in [1.807, 2.05) is 4.90 Å². The molecule has 8 heteroatoms. The van der Waals surface area contributed by atoms with E-state index in [1.54, 1.807) is 23.6 Å². The van der Waals surface area contributed by atoms with Gasteiger partial charge in [0.25, 0.3) is 11.8 Å². The van der Waals surface area contributed by atoms with Crippen LogP contribution in [0.5, 0.6) is 0 Å². The van der Waals surface area contributed by atoms with E-state index < -0.39 is 0 Å². The molecule has 0 atom stereocenters. The molecule has 0 spiro atoms. The molecule has 0 unspecified atom stereocenters. The molecule has 3 heterocycles. The van der Waals surface area contributed by atoms with Gasteiger partial charge in [0, 0.05) is 19.6 Å². The lowest BCUT2D eigenvalue weighted by molar-refractivity contribution is 0.0768. The second-order valence-corrected chi connectivity index (χ2v) is 5.91. The highest BCUT2D eigenvalue weighted by Crippen LogP contribution is 2.25. The number of hydrogen-bond donors (Lipinski definition) is 2. The molecular formula is C15H18ClN3O3S. The van der Waals surface area contributed by atoms with Gasteiger partial charge in [-0.1, -0.05) is 0 Å². The van der Waals surface area contributed by atoms with Gasteiger partial charge in [0.15, 0.2) is 5.76 Å². The quantitative estimate of drug-likeness (QED) is 0.886. The van der Waals surface area contributed by atoms with Crippen molar-refractivity contribution in [3.8, 4) is 0 Å². The summed E-state index contributed by atoms with van der Waals surface area (Å²) in [5.41, 5.74) is 0.534. The third-order valence-electron chi connectivity index (χ3n) is 3.49. The molecule has 1 saturated heterocycles. The summed E-state index contributed by atoms with van der Waals surface area (Å²) in [6.07, 6.45) is 2.38. The number of nitrogens with one attached hydrogen (secondary N) is 2. The molecule has 0 bridgehead atoms. The molecule has 6 nitrogen and oxygen atoms in total. The maximum absolute atomic E-state index is 12.6. The van der Waals surface area contributed by atoms with Crippen LogP contribution in [0.4, 0.5) is 5.00 Å². The third-order valence-corrected chi connectivity index (χ3v) is 4.32. The Hall–Kier alpha value is -1.83. The van der Waals surface area contributed by atoms with Crippen molar-refractivity contribution < 1.29 is 14.0 Å². The highest BCUT2D eigenvalue weighted by molar-refractivity contribution is 7.14. The van der Waals surface area contributed by atoms with E-state index in [4.69, 9.17) is 4.42 Å². The van der Waals surface area contributed by atoms with Gasteiger partial charge in [-0.25, -0.2) is 0 Å². The smallest absolute Gasteiger partial charge is 0.291 e. The van der Waals surface area contributed by atoms with Gasteiger partial charge < -0.3 is 20.0 Å². The van der Waals surface area contributed by atoms with Crippen molar-refractivity contribution in [1.29, 1.82) is 0 Å². The van der Waals surface area contributed by atoms with Gasteiger partial charge in [0.1, 0.15) is 5.00 Å². The predicted molar refractivity (Wildman–Crippen MR) is 91.6 cm³/mol. The molecule has 23 heavy (non-hydrogen) atoms. The Kier molecular flexibility index (Phi) is 6.20. The minimum absolute atomic E-state index is 0. The Labute approximate surface area is 144 Å². The van der Waals surface area contributed by atoms with Crippen molar-refractivity contribution in [2.45, 2.75) is 6.42 Å². The maximum Gasteiger partial charge on any atom is 0.291 e. The SMILES string of the molecule is Cl.O=C(Nc1sccc1C(=O)N1CCCNCC1)c1ccco1. The third kappa shape index (κ3) is 4.13. The van der Waals surface area contributed by atoms with Gasteiger partial charge in [-0.3, -0.25) is 9.59 Å². The number of hydrogen-bond acceptors (Lipinski definition) is 5. The number of thiophene rings is 1. The van der Waals surface area contributed by atoms with Crippen LogP contribution in [0.1, 0.15) is 27.3 Å². The van der Waals surface area contributed by atoms with Crippen LogP contribution in [-0.2, 0) is 0 Å². The van der Waals surface area contributed by atoms with E-state index in [-0.39, 0.29) is 30.0 Å². The Balaban J connectivity index is 0.00000192. The molecule has 2 N–H and O–H groups in total. The minimum atomic E-state index is -0.348. The molecule has 1 aliphatic heterocycles. The summed E-state index contributed by atoms with van der Waals surface area (Å²) in [6, 6.07) is 4.99. The zero-order valence-corrected chi connectivity index (χ0v) is 14.0. The van der Waals surface area contributed by atoms with Crippen LogP contribution < -0.4 is 10.6 Å². The topological polar surface area (TPSA) is 74.6 Å². The fourth-order valence-corrected chi connectivity index (χ4v) is 3.14. The van der Waals surface area contributed by atoms with Gasteiger partial charge in [-0.15, -0.1) is 23.7 Å². The molecule has 3 rings (SSSR count). The summed E-state index contributed by atoms with van der Waals surface area (Å²) in [4.78, 5) is 26.5. The number of amides is 2. The zero-order valence-electron chi connectivity index (χ0n) is 12.4.